The Morgan fingerprint density at radius 3 is 2.28 bits per heavy atom. The molecular formula is C52H79NO14. The zero-order valence-electron chi connectivity index (χ0n) is 41.6. The third kappa shape index (κ3) is 13.7. The van der Waals surface area contributed by atoms with Crippen molar-refractivity contribution in [2.45, 2.75) is 186 Å². The SMILES string of the molecule is CO[C@H]1[C@H]2OC(=O)O[C@@H]1/C(C)=C/[C@@H](C)C(=O)C[C@@H]([C@H](C)C[C@@H]1CC[C@@H](O)[C@H](OC)C1)OC(=O)C1CCCCN1C(=O)C(=O)[C@]1(O)OC(CC[C@H]1C)C[C@H](OC)C(C)=C/C=C/C=C/[C@@H](C)C[C@H]2C. The van der Waals surface area contributed by atoms with E-state index in [2.05, 4.69) is 13.0 Å². The molecule has 1 amide bonds. The fourth-order valence-corrected chi connectivity index (χ4v) is 10.8. The Kier molecular flexibility index (Phi) is 20.0. The molecule has 4 aliphatic heterocycles. The van der Waals surface area contributed by atoms with Gasteiger partial charge in [0.2, 0.25) is 5.79 Å². The highest BCUT2D eigenvalue weighted by Crippen LogP contribution is 2.38. The van der Waals surface area contributed by atoms with E-state index in [1.807, 2.05) is 45.1 Å². The molecule has 0 aromatic carbocycles. The third-order valence-electron chi connectivity index (χ3n) is 15.1. The predicted octanol–water partition coefficient (Wildman–Crippen LogP) is 7.15. The van der Waals surface area contributed by atoms with Crippen LogP contribution < -0.4 is 0 Å². The Hall–Kier alpha value is -3.73. The van der Waals surface area contributed by atoms with E-state index >= 15 is 0 Å². The van der Waals surface area contributed by atoms with Crippen LogP contribution in [0.15, 0.2) is 47.6 Å². The van der Waals surface area contributed by atoms with Crippen molar-refractivity contribution in [1.29, 1.82) is 0 Å². The summed E-state index contributed by atoms with van der Waals surface area (Å²) in [7, 11) is 4.71. The van der Waals surface area contributed by atoms with Gasteiger partial charge in [0.1, 0.15) is 30.1 Å². The van der Waals surface area contributed by atoms with Gasteiger partial charge in [-0.2, -0.15) is 0 Å². The average Bonchev–Trinajstić information content (AvgIpc) is 3.30. The Bertz CT molecular complexity index is 1840. The lowest BCUT2D eigenvalue weighted by atomic mass is 9.78. The number of methoxy groups -OCH3 is 3. The number of ether oxygens (including phenoxy) is 7. The van der Waals surface area contributed by atoms with Crippen LogP contribution in [0.25, 0.3) is 0 Å². The molecule has 5 rings (SSSR count). The summed E-state index contributed by atoms with van der Waals surface area (Å²) in [6.07, 6.45) is 11.4. The first-order valence-electron chi connectivity index (χ1n) is 24.6. The fraction of sp³-hybridized carbons (Fsp3) is 0.750. The van der Waals surface area contributed by atoms with Crippen LogP contribution in [0.1, 0.15) is 126 Å². The number of nitrogens with zero attached hydrogens (tertiary/aromatic N) is 1. The first-order valence-corrected chi connectivity index (χ1v) is 24.6. The van der Waals surface area contributed by atoms with Crippen LogP contribution in [0.4, 0.5) is 4.79 Å². The standard InChI is InChI=1S/C52H79NO14/c1-30-16-12-11-13-17-31(2)42(61-8)28-38-21-19-36(7)52(60,67-38)48(56)49(57)53-23-15-14-18-39(53)50(58)64-43(33(4)26-37-20-22-40(54)44(27-37)62-9)29-41(55)32(3)25-35(6)46-47(63-10)45(34(5)24-30)65-51(59)66-46/h11-13,16-17,25,30,32-34,36-40,42-47,54,60H,14-15,18-24,26-29H2,1-10H3/b13-11+,16-12+,31-17?,35-25+/t30-,32-,33-,34-,36-,37+,38?,39?,40-,42+,43+,44-,45+,46-,47+,52-/m1/s1. The lowest BCUT2D eigenvalue weighted by Crippen LogP contribution is -2.61. The predicted molar refractivity (Wildman–Crippen MR) is 249 cm³/mol. The highest BCUT2D eigenvalue weighted by atomic mass is 16.8. The van der Waals surface area contributed by atoms with E-state index in [4.69, 9.17) is 33.2 Å². The van der Waals surface area contributed by atoms with Crippen LogP contribution in [0.3, 0.4) is 0 Å². The molecule has 1 saturated carbocycles. The van der Waals surface area contributed by atoms with E-state index in [1.54, 1.807) is 48.2 Å². The number of aliphatic hydroxyl groups excluding tert-OH is 1. The minimum atomic E-state index is -2.42. The maximum absolute atomic E-state index is 14.4. The van der Waals surface area contributed by atoms with Gasteiger partial charge in [-0.25, -0.2) is 9.59 Å². The zero-order chi connectivity index (χ0) is 49.2. The number of rotatable bonds is 6. The first-order chi connectivity index (χ1) is 31.8. The Morgan fingerprint density at radius 1 is 0.836 bits per heavy atom. The summed E-state index contributed by atoms with van der Waals surface area (Å²) in [5.41, 5.74) is 1.51. The summed E-state index contributed by atoms with van der Waals surface area (Å²) >= 11 is 0. The van der Waals surface area contributed by atoms with Crippen LogP contribution >= 0.6 is 0 Å². The number of allylic oxidation sites excluding steroid dienone is 6. The van der Waals surface area contributed by atoms with Gasteiger partial charge in [-0.05, 0) is 113 Å². The molecule has 15 nitrogen and oxygen atoms in total. The maximum Gasteiger partial charge on any atom is 0.509 e. The second-order valence-electron chi connectivity index (χ2n) is 20.2. The van der Waals surface area contributed by atoms with Crippen molar-refractivity contribution in [2.24, 2.45) is 35.5 Å². The topological polar surface area (TPSA) is 194 Å². The molecule has 2 N–H and O–H groups in total. The van der Waals surface area contributed by atoms with Gasteiger partial charge in [-0.15, -0.1) is 0 Å². The summed E-state index contributed by atoms with van der Waals surface area (Å²) in [5.74, 6) is -7.13. The number of esters is 1. The lowest BCUT2D eigenvalue weighted by Gasteiger charge is -2.42. The van der Waals surface area contributed by atoms with E-state index in [0.29, 0.717) is 63.4 Å². The minimum Gasteiger partial charge on any atom is -0.460 e. The quantitative estimate of drug-likeness (QED) is 0.155. The second-order valence-corrected chi connectivity index (χ2v) is 20.2. The van der Waals surface area contributed by atoms with E-state index in [9.17, 15) is 34.2 Å². The van der Waals surface area contributed by atoms with E-state index in [0.717, 1.165) is 12.0 Å². The zero-order valence-corrected chi connectivity index (χ0v) is 41.6. The lowest BCUT2D eigenvalue weighted by molar-refractivity contribution is -0.265. The highest BCUT2D eigenvalue weighted by molar-refractivity contribution is 6.39. The number of aliphatic hydroxyl groups is 2. The van der Waals surface area contributed by atoms with Crippen LogP contribution in [0.2, 0.25) is 0 Å². The van der Waals surface area contributed by atoms with Crippen molar-refractivity contribution in [3.05, 3.63) is 47.6 Å². The van der Waals surface area contributed by atoms with Crippen LogP contribution in [-0.2, 0) is 52.3 Å². The normalized spacial score (nSPS) is 40.5. The molecule has 5 aliphatic rings. The Morgan fingerprint density at radius 2 is 1.58 bits per heavy atom. The molecule has 1 aliphatic carbocycles. The fourth-order valence-electron chi connectivity index (χ4n) is 10.8. The van der Waals surface area contributed by atoms with E-state index in [1.165, 1.54) is 4.90 Å². The molecule has 67 heavy (non-hydrogen) atoms. The minimum absolute atomic E-state index is 0.0948. The van der Waals surface area contributed by atoms with Gasteiger partial charge in [-0.1, -0.05) is 71.1 Å². The largest absolute Gasteiger partial charge is 0.509 e. The molecule has 16 atom stereocenters. The number of fused-ring (bicyclic) bond motifs is 5. The molecule has 0 spiro atoms. The molecule has 0 aromatic heterocycles. The summed E-state index contributed by atoms with van der Waals surface area (Å²) < 4.78 is 41.4. The van der Waals surface area contributed by atoms with Crippen molar-refractivity contribution in [3.63, 3.8) is 0 Å². The number of carbonyl (C=O) groups is 5. The number of carbonyl (C=O) groups excluding carboxylic acids is 5. The number of piperidine rings is 1. The van der Waals surface area contributed by atoms with Crippen molar-refractivity contribution in [2.75, 3.05) is 27.9 Å². The van der Waals surface area contributed by atoms with Crippen molar-refractivity contribution in [1.82, 2.24) is 4.90 Å². The van der Waals surface area contributed by atoms with Gasteiger partial charge in [0, 0.05) is 52.6 Å². The number of hydrogen-bond donors (Lipinski definition) is 2. The smallest absolute Gasteiger partial charge is 0.460 e. The third-order valence-corrected chi connectivity index (χ3v) is 15.1. The molecule has 3 saturated heterocycles. The van der Waals surface area contributed by atoms with Crippen molar-refractivity contribution >= 4 is 29.6 Å². The summed E-state index contributed by atoms with van der Waals surface area (Å²) in [5, 5.41) is 22.5. The van der Waals surface area contributed by atoms with E-state index < -0.39 is 90.2 Å². The molecule has 4 fully saturated rings. The monoisotopic (exact) mass is 942 g/mol. The van der Waals surface area contributed by atoms with Gasteiger partial charge in [-0.3, -0.25) is 14.4 Å². The molecule has 4 heterocycles. The van der Waals surface area contributed by atoms with Gasteiger partial charge < -0.3 is 48.3 Å². The van der Waals surface area contributed by atoms with Crippen molar-refractivity contribution in [3.8, 4) is 0 Å². The van der Waals surface area contributed by atoms with Crippen molar-refractivity contribution < 1.29 is 67.3 Å². The summed E-state index contributed by atoms with van der Waals surface area (Å²) in [6, 6.07) is -1.13. The van der Waals surface area contributed by atoms with E-state index in [-0.39, 0.29) is 54.9 Å². The molecule has 376 valence electrons. The molecule has 0 radical (unpaired) electrons. The summed E-state index contributed by atoms with van der Waals surface area (Å²) in [4.78, 5) is 71.4. The average molecular weight is 942 g/mol. The van der Waals surface area contributed by atoms with Crippen LogP contribution in [-0.4, -0.2) is 133 Å². The molecule has 15 heteroatoms. The highest BCUT2D eigenvalue weighted by Gasteiger charge is 2.53. The van der Waals surface area contributed by atoms with Crippen LogP contribution in [0, 0.1) is 35.5 Å². The Balaban J connectivity index is 1.49. The maximum atomic E-state index is 14.4. The molecule has 4 bridgehead atoms. The number of Topliss-reactive ketones (excluding diaryl/α,β-unsaturated/α-hetero) is 2. The second kappa shape index (κ2) is 24.7. The number of ketones is 2. The Labute approximate surface area is 398 Å². The summed E-state index contributed by atoms with van der Waals surface area (Å²) in [6.45, 7) is 13.3. The van der Waals surface area contributed by atoms with Gasteiger partial charge in [0.05, 0.1) is 24.4 Å². The number of amides is 1. The number of hydrogen-bond acceptors (Lipinski definition) is 14. The number of cyclic esters (lactones) is 1. The molecular weight excluding hydrogens is 863 g/mol. The molecule has 0 aromatic rings. The van der Waals surface area contributed by atoms with Crippen LogP contribution in [0.5, 0.6) is 0 Å². The van der Waals surface area contributed by atoms with Gasteiger partial charge in [0.15, 0.2) is 6.10 Å². The van der Waals surface area contributed by atoms with Gasteiger partial charge in [0.25, 0.3) is 11.7 Å². The first kappa shape index (κ1) is 54.2. The molecule has 2 unspecified atom stereocenters. The van der Waals surface area contributed by atoms with Gasteiger partial charge >= 0.3 is 12.1 Å².